The SMILES string of the molecule is Cc1nnsc1-c1nnnn1CC(CC(C)(C)C)C(=O)O. The molecule has 2 aromatic rings. The Morgan fingerprint density at radius 3 is 2.62 bits per heavy atom. The molecule has 0 spiro atoms. The van der Waals surface area contributed by atoms with Gasteiger partial charge in [0.25, 0.3) is 0 Å². The second-order valence-corrected chi connectivity index (χ2v) is 6.93. The zero-order chi connectivity index (χ0) is 15.6. The lowest BCUT2D eigenvalue weighted by Crippen LogP contribution is -2.26. The average molecular weight is 310 g/mol. The van der Waals surface area contributed by atoms with E-state index < -0.39 is 11.9 Å². The summed E-state index contributed by atoms with van der Waals surface area (Å²) in [5, 5.41) is 24.9. The highest BCUT2D eigenvalue weighted by atomic mass is 32.1. The molecule has 2 heterocycles. The molecule has 0 aromatic carbocycles. The Bertz CT molecular complexity index is 630. The number of hydrogen-bond donors (Lipinski definition) is 1. The zero-order valence-corrected chi connectivity index (χ0v) is 13.3. The minimum Gasteiger partial charge on any atom is -0.481 e. The first-order valence-corrected chi connectivity index (χ1v) is 7.33. The van der Waals surface area contributed by atoms with Crippen LogP contribution in [-0.2, 0) is 11.3 Å². The monoisotopic (exact) mass is 310 g/mol. The summed E-state index contributed by atoms with van der Waals surface area (Å²) in [7, 11) is 0. The van der Waals surface area contributed by atoms with E-state index in [9.17, 15) is 9.90 Å². The Hall–Kier alpha value is -1.90. The largest absolute Gasteiger partial charge is 0.481 e. The van der Waals surface area contributed by atoms with E-state index >= 15 is 0 Å². The fourth-order valence-electron chi connectivity index (χ4n) is 2.10. The molecule has 21 heavy (non-hydrogen) atoms. The lowest BCUT2D eigenvalue weighted by atomic mass is 9.84. The second kappa shape index (κ2) is 5.84. The molecule has 1 unspecified atom stereocenters. The van der Waals surface area contributed by atoms with Gasteiger partial charge >= 0.3 is 5.97 Å². The van der Waals surface area contributed by atoms with Crippen molar-refractivity contribution in [3.63, 3.8) is 0 Å². The van der Waals surface area contributed by atoms with E-state index in [0.717, 1.165) is 10.6 Å². The number of nitrogens with zero attached hydrogens (tertiary/aromatic N) is 6. The van der Waals surface area contributed by atoms with E-state index in [2.05, 4.69) is 25.1 Å². The van der Waals surface area contributed by atoms with Gasteiger partial charge in [-0.2, -0.15) is 0 Å². The fraction of sp³-hybridized carbons (Fsp3) is 0.667. The molecule has 2 rings (SSSR count). The first-order chi connectivity index (χ1) is 9.78. The summed E-state index contributed by atoms with van der Waals surface area (Å²) in [6.07, 6.45) is 0.543. The normalized spacial score (nSPS) is 13.3. The van der Waals surface area contributed by atoms with Gasteiger partial charge in [-0.25, -0.2) is 4.68 Å². The van der Waals surface area contributed by atoms with Gasteiger partial charge in [0.05, 0.1) is 18.2 Å². The highest BCUT2D eigenvalue weighted by Crippen LogP contribution is 2.28. The van der Waals surface area contributed by atoms with Crippen molar-refractivity contribution in [2.75, 3.05) is 0 Å². The molecule has 0 saturated heterocycles. The van der Waals surface area contributed by atoms with Crippen LogP contribution in [0.15, 0.2) is 0 Å². The van der Waals surface area contributed by atoms with E-state index in [1.54, 1.807) is 0 Å². The first-order valence-electron chi connectivity index (χ1n) is 6.56. The third-order valence-electron chi connectivity index (χ3n) is 2.99. The third kappa shape index (κ3) is 3.81. The first kappa shape index (κ1) is 15.5. The van der Waals surface area contributed by atoms with E-state index in [1.807, 2.05) is 27.7 Å². The summed E-state index contributed by atoms with van der Waals surface area (Å²) in [6, 6.07) is 0. The Morgan fingerprint density at radius 1 is 1.38 bits per heavy atom. The second-order valence-electron chi connectivity index (χ2n) is 6.17. The van der Waals surface area contributed by atoms with Crippen molar-refractivity contribution in [3.8, 4) is 10.7 Å². The maximum absolute atomic E-state index is 11.5. The predicted molar refractivity (Wildman–Crippen MR) is 76.7 cm³/mol. The Kier molecular flexibility index (Phi) is 4.31. The Morgan fingerprint density at radius 2 is 2.10 bits per heavy atom. The molecule has 0 aliphatic rings. The Balaban J connectivity index is 2.25. The van der Waals surface area contributed by atoms with Crippen LogP contribution in [-0.4, -0.2) is 40.9 Å². The molecule has 2 aromatic heterocycles. The molecular formula is C12H18N6O2S. The van der Waals surface area contributed by atoms with Gasteiger partial charge in [-0.1, -0.05) is 25.3 Å². The van der Waals surface area contributed by atoms with Crippen molar-refractivity contribution in [1.29, 1.82) is 0 Å². The van der Waals surface area contributed by atoms with Crippen LogP contribution < -0.4 is 0 Å². The molecule has 0 bridgehead atoms. The highest BCUT2D eigenvalue weighted by Gasteiger charge is 2.27. The van der Waals surface area contributed by atoms with E-state index in [0.29, 0.717) is 12.2 Å². The molecule has 1 atom stereocenters. The van der Waals surface area contributed by atoms with Gasteiger partial charge in [-0.15, -0.1) is 10.2 Å². The number of aromatic nitrogens is 6. The van der Waals surface area contributed by atoms with E-state index in [4.69, 9.17) is 0 Å². The molecular weight excluding hydrogens is 292 g/mol. The van der Waals surface area contributed by atoms with Crippen LogP contribution in [0.5, 0.6) is 0 Å². The summed E-state index contributed by atoms with van der Waals surface area (Å²) < 4.78 is 5.38. The molecule has 114 valence electrons. The summed E-state index contributed by atoms with van der Waals surface area (Å²) in [6.45, 7) is 8.09. The van der Waals surface area contributed by atoms with E-state index in [-0.39, 0.29) is 12.0 Å². The predicted octanol–water partition coefficient (Wildman–Crippen LogP) is 1.64. The van der Waals surface area contributed by atoms with Crippen molar-refractivity contribution in [3.05, 3.63) is 5.69 Å². The summed E-state index contributed by atoms with van der Waals surface area (Å²) >= 11 is 1.20. The van der Waals surface area contributed by atoms with Crippen LogP contribution in [0.25, 0.3) is 10.7 Å². The maximum atomic E-state index is 11.5. The maximum Gasteiger partial charge on any atom is 0.308 e. The van der Waals surface area contributed by atoms with Crippen LogP contribution in [0.4, 0.5) is 0 Å². The van der Waals surface area contributed by atoms with Crippen molar-refractivity contribution in [1.82, 2.24) is 29.8 Å². The number of aryl methyl sites for hydroxylation is 1. The van der Waals surface area contributed by atoms with Crippen LogP contribution >= 0.6 is 11.5 Å². The molecule has 0 fully saturated rings. The smallest absolute Gasteiger partial charge is 0.308 e. The van der Waals surface area contributed by atoms with Crippen LogP contribution in [0.2, 0.25) is 0 Å². The third-order valence-corrected chi connectivity index (χ3v) is 3.81. The number of carboxylic acid groups (broad SMARTS) is 1. The lowest BCUT2D eigenvalue weighted by molar-refractivity contribution is -0.143. The minimum absolute atomic E-state index is 0.0841. The lowest BCUT2D eigenvalue weighted by Gasteiger charge is -2.23. The fourth-order valence-corrected chi connectivity index (χ4v) is 2.75. The minimum atomic E-state index is -0.842. The van der Waals surface area contributed by atoms with Crippen molar-refractivity contribution in [2.24, 2.45) is 11.3 Å². The molecule has 0 aliphatic heterocycles. The van der Waals surface area contributed by atoms with Gasteiger partial charge < -0.3 is 5.11 Å². The van der Waals surface area contributed by atoms with Crippen LogP contribution in [0.3, 0.4) is 0 Å². The molecule has 1 N–H and O–H groups in total. The van der Waals surface area contributed by atoms with Crippen LogP contribution in [0, 0.1) is 18.3 Å². The van der Waals surface area contributed by atoms with Gasteiger partial charge in [-0.05, 0) is 40.7 Å². The standard InChI is InChI=1S/C12H18N6O2S/c1-7-9(21-17-13-7)10-14-15-16-18(10)6-8(11(19)20)5-12(2,3)4/h8H,5-6H2,1-4H3,(H,19,20). The quantitative estimate of drug-likeness (QED) is 0.894. The summed E-state index contributed by atoms with van der Waals surface area (Å²) in [5.74, 6) is -0.873. The molecule has 8 nitrogen and oxygen atoms in total. The number of hydrogen-bond acceptors (Lipinski definition) is 7. The number of aliphatic carboxylic acids is 1. The topological polar surface area (TPSA) is 107 Å². The van der Waals surface area contributed by atoms with Crippen molar-refractivity contribution < 1.29 is 9.90 Å². The van der Waals surface area contributed by atoms with Gasteiger partial charge in [0, 0.05) is 0 Å². The van der Waals surface area contributed by atoms with Gasteiger partial charge in [0.1, 0.15) is 4.88 Å². The molecule has 0 amide bonds. The average Bonchev–Trinajstić information content (AvgIpc) is 2.95. The molecule has 0 aliphatic carbocycles. The van der Waals surface area contributed by atoms with Crippen molar-refractivity contribution in [2.45, 2.75) is 40.7 Å². The molecule has 0 radical (unpaired) electrons. The molecule has 9 heteroatoms. The van der Waals surface area contributed by atoms with Crippen LogP contribution in [0.1, 0.15) is 32.9 Å². The molecule has 0 saturated carbocycles. The van der Waals surface area contributed by atoms with E-state index in [1.165, 1.54) is 16.2 Å². The number of tetrazole rings is 1. The zero-order valence-electron chi connectivity index (χ0n) is 12.4. The van der Waals surface area contributed by atoms with Gasteiger partial charge in [0.2, 0.25) is 0 Å². The summed E-state index contributed by atoms with van der Waals surface area (Å²) in [5.41, 5.74) is 0.651. The number of carboxylic acids is 1. The van der Waals surface area contributed by atoms with Gasteiger partial charge in [-0.3, -0.25) is 4.79 Å². The highest BCUT2D eigenvalue weighted by molar-refractivity contribution is 7.09. The van der Waals surface area contributed by atoms with Gasteiger partial charge in [0.15, 0.2) is 5.82 Å². The summed E-state index contributed by atoms with van der Waals surface area (Å²) in [4.78, 5) is 12.2. The van der Waals surface area contributed by atoms with Crippen molar-refractivity contribution >= 4 is 17.5 Å². The number of carbonyl (C=O) groups is 1. The Labute approximate surface area is 126 Å². The number of rotatable bonds is 5.